The summed E-state index contributed by atoms with van der Waals surface area (Å²) in [7, 11) is 0. The van der Waals surface area contributed by atoms with E-state index in [9.17, 15) is 10.1 Å². The number of nitro groups is 1. The molecule has 0 aliphatic carbocycles. The van der Waals surface area contributed by atoms with Gasteiger partial charge in [-0.3, -0.25) is 10.1 Å². The molecular weight excluding hydrogens is 242 g/mol. The molecule has 0 spiro atoms. The lowest BCUT2D eigenvalue weighted by molar-refractivity contribution is -0.402. The molecule has 0 atom stereocenters. The molecule has 0 N–H and O–H groups in total. The smallest absolute Gasteiger partial charge is 0.401 e. The number of aliphatic imine (C=N–C) groups is 1. The second-order valence-corrected chi connectivity index (χ2v) is 3.76. The Hall–Kier alpha value is -2.28. The van der Waals surface area contributed by atoms with Crippen molar-refractivity contribution >= 4 is 34.6 Å². The fraction of sp³-hybridized carbons (Fsp3) is 0. The Morgan fingerprint density at radius 2 is 2.41 bits per heavy atom. The van der Waals surface area contributed by atoms with Crippen molar-refractivity contribution in [2.24, 2.45) is 4.99 Å². The highest BCUT2D eigenvalue weighted by molar-refractivity contribution is 7.13. The van der Waals surface area contributed by atoms with Crippen molar-refractivity contribution in [1.29, 1.82) is 0 Å². The largest absolute Gasteiger partial charge is 0.433 e. The minimum absolute atomic E-state index is 0.276. The van der Waals surface area contributed by atoms with Crippen molar-refractivity contribution in [3.05, 3.63) is 45.7 Å². The van der Waals surface area contributed by atoms with Crippen LogP contribution in [0.1, 0.15) is 5.76 Å². The molecule has 0 amide bonds. The van der Waals surface area contributed by atoms with Crippen LogP contribution >= 0.6 is 11.3 Å². The van der Waals surface area contributed by atoms with Crippen LogP contribution in [0.15, 0.2) is 39.2 Å². The lowest BCUT2D eigenvalue weighted by Crippen LogP contribution is -1.82. The van der Waals surface area contributed by atoms with E-state index in [1.54, 1.807) is 24.6 Å². The number of thiazole rings is 1. The van der Waals surface area contributed by atoms with Crippen LogP contribution in [-0.4, -0.2) is 16.1 Å². The van der Waals surface area contributed by atoms with Crippen LogP contribution in [-0.2, 0) is 0 Å². The highest BCUT2D eigenvalue weighted by atomic mass is 32.1. The molecule has 0 saturated heterocycles. The molecule has 0 radical (unpaired) electrons. The Bertz CT molecular complexity index is 557. The Labute approximate surface area is 100 Å². The van der Waals surface area contributed by atoms with Crippen molar-refractivity contribution in [2.75, 3.05) is 0 Å². The Morgan fingerprint density at radius 1 is 1.53 bits per heavy atom. The molecule has 17 heavy (non-hydrogen) atoms. The van der Waals surface area contributed by atoms with Gasteiger partial charge < -0.3 is 4.42 Å². The third-order valence-corrected chi connectivity index (χ3v) is 2.42. The summed E-state index contributed by atoms with van der Waals surface area (Å²) < 4.78 is 4.92. The fourth-order valence-corrected chi connectivity index (χ4v) is 1.54. The zero-order valence-corrected chi connectivity index (χ0v) is 9.33. The van der Waals surface area contributed by atoms with E-state index in [2.05, 4.69) is 9.98 Å². The first-order chi connectivity index (χ1) is 8.25. The summed E-state index contributed by atoms with van der Waals surface area (Å²) in [5.74, 6) is 0.129. The predicted molar refractivity (Wildman–Crippen MR) is 64.7 cm³/mol. The summed E-state index contributed by atoms with van der Waals surface area (Å²) in [5.41, 5.74) is 0. The third-order valence-electron chi connectivity index (χ3n) is 1.74. The lowest BCUT2D eigenvalue weighted by Gasteiger charge is -1.82. The van der Waals surface area contributed by atoms with Crippen molar-refractivity contribution in [2.45, 2.75) is 0 Å². The van der Waals surface area contributed by atoms with Gasteiger partial charge in [-0.05, 0) is 18.2 Å². The molecule has 0 fully saturated rings. The van der Waals surface area contributed by atoms with Crippen LogP contribution in [0.2, 0.25) is 0 Å². The number of rotatable bonds is 4. The highest BCUT2D eigenvalue weighted by Gasteiger charge is 2.09. The van der Waals surface area contributed by atoms with Crippen LogP contribution in [0.25, 0.3) is 6.08 Å². The van der Waals surface area contributed by atoms with E-state index in [1.165, 1.54) is 23.5 Å². The van der Waals surface area contributed by atoms with Crippen LogP contribution < -0.4 is 0 Å². The number of hydrogen-bond donors (Lipinski definition) is 0. The van der Waals surface area contributed by atoms with Crippen molar-refractivity contribution in [3.63, 3.8) is 0 Å². The van der Waals surface area contributed by atoms with E-state index in [0.717, 1.165) is 0 Å². The maximum Gasteiger partial charge on any atom is 0.433 e. The van der Waals surface area contributed by atoms with E-state index in [-0.39, 0.29) is 5.88 Å². The van der Waals surface area contributed by atoms with Gasteiger partial charge in [-0.15, -0.1) is 11.3 Å². The number of furan rings is 1. The van der Waals surface area contributed by atoms with E-state index in [1.807, 2.05) is 5.38 Å². The van der Waals surface area contributed by atoms with Gasteiger partial charge in [-0.25, -0.2) is 9.98 Å². The topological polar surface area (TPSA) is 81.5 Å². The predicted octanol–water partition coefficient (Wildman–Crippen LogP) is 3.06. The second-order valence-electron chi connectivity index (χ2n) is 2.89. The number of hydrogen-bond acceptors (Lipinski definition) is 6. The van der Waals surface area contributed by atoms with Gasteiger partial charge in [0.1, 0.15) is 10.7 Å². The summed E-state index contributed by atoms with van der Waals surface area (Å²) in [4.78, 5) is 17.8. The summed E-state index contributed by atoms with van der Waals surface area (Å²) in [6, 6.07) is 2.82. The van der Waals surface area contributed by atoms with Gasteiger partial charge in [0.05, 0.1) is 6.07 Å². The molecule has 0 saturated carbocycles. The van der Waals surface area contributed by atoms with Crippen LogP contribution in [0.5, 0.6) is 0 Å². The molecular formula is C10H7N3O3S. The quantitative estimate of drug-likeness (QED) is 0.473. The number of aromatic nitrogens is 1. The Kier molecular flexibility index (Phi) is 3.41. The Morgan fingerprint density at radius 3 is 3.06 bits per heavy atom. The van der Waals surface area contributed by atoms with Crippen molar-refractivity contribution in [1.82, 2.24) is 4.98 Å². The first-order valence-electron chi connectivity index (χ1n) is 4.60. The van der Waals surface area contributed by atoms with E-state index >= 15 is 0 Å². The number of allylic oxidation sites excluding steroid dienone is 1. The highest BCUT2D eigenvalue weighted by Crippen LogP contribution is 2.16. The summed E-state index contributed by atoms with van der Waals surface area (Å²) in [6.07, 6.45) is 6.43. The molecule has 0 unspecified atom stereocenters. The molecule has 2 rings (SSSR count). The molecule has 86 valence electrons. The monoisotopic (exact) mass is 249 g/mol. The minimum Gasteiger partial charge on any atom is -0.401 e. The zero-order chi connectivity index (χ0) is 12.1. The summed E-state index contributed by atoms with van der Waals surface area (Å²) >= 11 is 1.42. The van der Waals surface area contributed by atoms with E-state index in [0.29, 0.717) is 10.9 Å². The molecule has 0 aliphatic heterocycles. The molecule has 2 aromatic rings. The van der Waals surface area contributed by atoms with Gasteiger partial charge >= 0.3 is 5.88 Å². The molecule has 2 heterocycles. The zero-order valence-electron chi connectivity index (χ0n) is 8.52. The average molecular weight is 249 g/mol. The first kappa shape index (κ1) is 11.2. The lowest BCUT2D eigenvalue weighted by atomic mass is 10.4. The maximum absolute atomic E-state index is 10.4. The standard InChI is InChI=1S/C10H7N3O3S/c14-13(15)9-4-3-8(16-9)2-1-5-11-10-12-6-7-17-10/h1-7H/b2-1+,11-5+. The van der Waals surface area contributed by atoms with Gasteiger partial charge in [0, 0.05) is 17.8 Å². The SMILES string of the molecule is O=[N+]([O-])c1ccc(/C=C/C=N/c2nccs2)o1. The molecule has 0 aliphatic rings. The van der Waals surface area contributed by atoms with Crippen molar-refractivity contribution in [3.8, 4) is 0 Å². The molecule has 6 nitrogen and oxygen atoms in total. The van der Waals surface area contributed by atoms with E-state index in [4.69, 9.17) is 4.42 Å². The number of nitrogens with zero attached hydrogens (tertiary/aromatic N) is 3. The Balaban J connectivity index is 1.98. The van der Waals surface area contributed by atoms with Crippen LogP contribution in [0, 0.1) is 10.1 Å². The molecule has 2 aromatic heterocycles. The van der Waals surface area contributed by atoms with Gasteiger partial charge in [-0.2, -0.15) is 0 Å². The van der Waals surface area contributed by atoms with Gasteiger partial charge in [0.2, 0.25) is 5.13 Å². The molecule has 7 heteroatoms. The minimum atomic E-state index is -0.582. The van der Waals surface area contributed by atoms with Crippen molar-refractivity contribution < 1.29 is 9.34 Å². The molecule has 0 aromatic carbocycles. The maximum atomic E-state index is 10.4. The third kappa shape index (κ3) is 3.08. The first-order valence-corrected chi connectivity index (χ1v) is 5.48. The molecule has 0 bridgehead atoms. The van der Waals surface area contributed by atoms with Gasteiger partial charge in [-0.1, -0.05) is 0 Å². The van der Waals surface area contributed by atoms with Crippen LogP contribution in [0.4, 0.5) is 11.0 Å². The fourth-order valence-electron chi connectivity index (χ4n) is 1.05. The summed E-state index contributed by atoms with van der Waals surface area (Å²) in [5, 5.41) is 12.8. The van der Waals surface area contributed by atoms with E-state index < -0.39 is 4.92 Å². The van der Waals surface area contributed by atoms with Gasteiger partial charge in [0.15, 0.2) is 0 Å². The normalized spacial score (nSPS) is 11.5. The van der Waals surface area contributed by atoms with Gasteiger partial charge in [0.25, 0.3) is 0 Å². The van der Waals surface area contributed by atoms with Crippen LogP contribution in [0.3, 0.4) is 0 Å². The second kappa shape index (κ2) is 5.17. The summed E-state index contributed by atoms with van der Waals surface area (Å²) in [6.45, 7) is 0. The average Bonchev–Trinajstić information content (AvgIpc) is 2.96.